The summed E-state index contributed by atoms with van der Waals surface area (Å²) < 4.78 is -0.323. The highest BCUT2D eigenvalue weighted by Crippen LogP contribution is 2.12. The smallest absolute Gasteiger partial charge is 0.402 e. The quantitative estimate of drug-likeness (QED) is 0.458. The van der Waals surface area contributed by atoms with E-state index in [1.54, 1.807) is 0 Å². The van der Waals surface area contributed by atoms with E-state index < -0.39 is 17.6 Å². The molecule has 0 spiro atoms. The fourth-order valence-corrected chi connectivity index (χ4v) is 1.32. The number of hydrogen-bond acceptors (Lipinski definition) is 3. The third kappa shape index (κ3) is 1.67. The molecule has 6 nitrogen and oxygen atoms in total. The number of carboxylic acids is 2. The maximum Gasteiger partial charge on any atom is 0.402 e. The average molecular weight is 262 g/mol. The second kappa shape index (κ2) is 3.62. The summed E-state index contributed by atoms with van der Waals surface area (Å²) in [5.41, 5.74) is -0.827. The fraction of sp³-hybridized carbons (Fsp3) is 0. The summed E-state index contributed by atoms with van der Waals surface area (Å²) in [7, 11) is 0. The van der Waals surface area contributed by atoms with Crippen molar-refractivity contribution >= 4 is 27.9 Å². The van der Waals surface area contributed by atoms with Gasteiger partial charge in [0.15, 0.2) is 0 Å². The molecule has 0 aliphatic carbocycles. The van der Waals surface area contributed by atoms with Crippen LogP contribution in [0.1, 0.15) is 20.8 Å². The molecule has 0 aliphatic heterocycles. The minimum absolute atomic E-state index is 0.00574. The SMILES string of the molecule is O=C(O)c1ccc(C(=O)O)[n+]([O-])c1Br. The molecule has 14 heavy (non-hydrogen) atoms. The molecule has 1 aromatic rings. The number of rotatable bonds is 2. The third-order valence-corrected chi connectivity index (χ3v) is 2.23. The summed E-state index contributed by atoms with van der Waals surface area (Å²) in [6, 6.07) is 1.98. The number of aromatic carboxylic acids is 2. The Morgan fingerprint density at radius 2 is 1.86 bits per heavy atom. The fourth-order valence-electron chi connectivity index (χ4n) is 0.832. The van der Waals surface area contributed by atoms with E-state index in [1.165, 1.54) is 0 Å². The molecule has 0 fully saturated rings. The van der Waals surface area contributed by atoms with Crippen molar-refractivity contribution in [1.29, 1.82) is 0 Å². The standard InChI is InChI=1S/C7H4BrNO5/c8-5-3(6(10)11)1-2-4(7(12)13)9(5)14/h1-2H,(H,10,11)(H,12,13). The van der Waals surface area contributed by atoms with E-state index in [-0.39, 0.29) is 14.9 Å². The molecule has 0 aromatic carbocycles. The molecule has 0 saturated heterocycles. The van der Waals surface area contributed by atoms with E-state index in [1.807, 2.05) is 0 Å². The van der Waals surface area contributed by atoms with Crippen LogP contribution in [0.5, 0.6) is 0 Å². The van der Waals surface area contributed by atoms with Gasteiger partial charge in [0.05, 0.1) is 0 Å². The number of carboxylic acid groups (broad SMARTS) is 2. The number of aromatic nitrogens is 1. The van der Waals surface area contributed by atoms with Crippen molar-refractivity contribution in [1.82, 2.24) is 0 Å². The molecule has 0 unspecified atom stereocenters. The van der Waals surface area contributed by atoms with Crippen molar-refractivity contribution in [3.8, 4) is 0 Å². The minimum Gasteiger partial charge on any atom is -0.617 e. The first-order valence-electron chi connectivity index (χ1n) is 3.33. The van der Waals surface area contributed by atoms with Gasteiger partial charge in [-0.2, -0.15) is 4.73 Å². The van der Waals surface area contributed by atoms with E-state index in [2.05, 4.69) is 15.9 Å². The Hall–Kier alpha value is -1.63. The lowest BCUT2D eigenvalue weighted by Crippen LogP contribution is -2.37. The van der Waals surface area contributed by atoms with E-state index in [4.69, 9.17) is 10.2 Å². The van der Waals surface area contributed by atoms with Gasteiger partial charge in [-0.1, -0.05) is 0 Å². The molecule has 0 saturated carbocycles. The van der Waals surface area contributed by atoms with Gasteiger partial charge < -0.3 is 15.4 Å². The highest BCUT2D eigenvalue weighted by atomic mass is 79.9. The molecular formula is C7H4BrNO5. The van der Waals surface area contributed by atoms with Crippen LogP contribution in [-0.4, -0.2) is 22.2 Å². The zero-order valence-corrected chi connectivity index (χ0v) is 8.19. The number of pyridine rings is 1. The van der Waals surface area contributed by atoms with Gasteiger partial charge in [-0.05, 0) is 6.07 Å². The lowest BCUT2D eigenvalue weighted by Gasteiger charge is -2.04. The van der Waals surface area contributed by atoms with Crippen LogP contribution in [0.15, 0.2) is 16.7 Å². The van der Waals surface area contributed by atoms with Crippen molar-refractivity contribution < 1.29 is 24.5 Å². The van der Waals surface area contributed by atoms with Gasteiger partial charge in [-0.15, -0.1) is 0 Å². The Morgan fingerprint density at radius 3 is 2.29 bits per heavy atom. The number of hydrogen-bond donors (Lipinski definition) is 2. The largest absolute Gasteiger partial charge is 0.617 e. The highest BCUT2D eigenvalue weighted by Gasteiger charge is 2.23. The average Bonchev–Trinajstić information content (AvgIpc) is 2.08. The minimum atomic E-state index is -1.42. The second-order valence-corrected chi connectivity index (χ2v) is 3.08. The van der Waals surface area contributed by atoms with E-state index in [0.29, 0.717) is 0 Å². The molecule has 7 heteroatoms. The van der Waals surface area contributed by atoms with Crippen LogP contribution < -0.4 is 4.73 Å². The monoisotopic (exact) mass is 261 g/mol. The van der Waals surface area contributed by atoms with Gasteiger partial charge in [0.1, 0.15) is 5.56 Å². The first kappa shape index (κ1) is 10.5. The molecule has 2 N–H and O–H groups in total. The van der Waals surface area contributed by atoms with Gasteiger partial charge in [-0.3, -0.25) is 0 Å². The Kier molecular flexibility index (Phi) is 2.70. The van der Waals surface area contributed by atoms with Crippen molar-refractivity contribution in [2.75, 3.05) is 0 Å². The first-order chi connectivity index (χ1) is 6.45. The molecule has 74 valence electrons. The lowest BCUT2D eigenvalue weighted by atomic mass is 10.2. The molecule has 0 aliphatic rings. The second-order valence-electron chi connectivity index (χ2n) is 2.33. The Balaban J connectivity index is 3.41. The number of nitrogens with zero attached hydrogens (tertiary/aromatic N) is 1. The molecule has 0 amide bonds. The predicted octanol–water partition coefficient (Wildman–Crippen LogP) is 0.479. The molecule has 0 bridgehead atoms. The predicted molar refractivity (Wildman–Crippen MR) is 47.0 cm³/mol. The summed E-state index contributed by atoms with van der Waals surface area (Å²) >= 11 is 2.71. The maximum absolute atomic E-state index is 11.2. The van der Waals surface area contributed by atoms with Crippen molar-refractivity contribution in [2.45, 2.75) is 0 Å². The van der Waals surface area contributed by atoms with Gasteiger partial charge in [0, 0.05) is 22.0 Å². The Labute approximate surface area is 86.1 Å². The van der Waals surface area contributed by atoms with Crippen molar-refractivity contribution in [3.05, 3.63) is 33.2 Å². The highest BCUT2D eigenvalue weighted by molar-refractivity contribution is 9.10. The van der Waals surface area contributed by atoms with Crippen molar-refractivity contribution in [3.63, 3.8) is 0 Å². The number of carbonyl (C=O) groups is 2. The van der Waals surface area contributed by atoms with Gasteiger partial charge in [-0.25, -0.2) is 9.59 Å². The molecule has 1 aromatic heterocycles. The van der Waals surface area contributed by atoms with E-state index in [0.717, 1.165) is 12.1 Å². The van der Waals surface area contributed by atoms with Crippen LogP contribution in [-0.2, 0) is 0 Å². The van der Waals surface area contributed by atoms with Gasteiger partial charge >= 0.3 is 17.6 Å². The first-order valence-corrected chi connectivity index (χ1v) is 4.13. The van der Waals surface area contributed by atoms with Gasteiger partial charge in [0.2, 0.25) is 0 Å². The summed E-state index contributed by atoms with van der Waals surface area (Å²) in [6.45, 7) is 0. The Bertz CT molecular complexity index is 378. The molecular weight excluding hydrogens is 258 g/mol. The van der Waals surface area contributed by atoms with E-state index >= 15 is 0 Å². The Morgan fingerprint density at radius 1 is 1.29 bits per heavy atom. The molecule has 0 atom stereocenters. The van der Waals surface area contributed by atoms with Crippen LogP contribution in [0.3, 0.4) is 0 Å². The normalized spacial score (nSPS) is 9.79. The molecule has 1 heterocycles. The van der Waals surface area contributed by atoms with Gasteiger partial charge in [0.25, 0.3) is 4.60 Å². The number of halogens is 1. The summed E-state index contributed by atoms with van der Waals surface area (Å²) in [5.74, 6) is -2.73. The zero-order valence-electron chi connectivity index (χ0n) is 6.60. The van der Waals surface area contributed by atoms with Crippen LogP contribution in [0, 0.1) is 5.21 Å². The summed E-state index contributed by atoms with van der Waals surface area (Å²) in [6.07, 6.45) is 0. The van der Waals surface area contributed by atoms with Crippen LogP contribution in [0.4, 0.5) is 0 Å². The van der Waals surface area contributed by atoms with Crippen LogP contribution >= 0.6 is 15.9 Å². The third-order valence-electron chi connectivity index (χ3n) is 1.48. The van der Waals surface area contributed by atoms with E-state index in [9.17, 15) is 14.8 Å². The summed E-state index contributed by atoms with van der Waals surface area (Å²) in [4.78, 5) is 21.0. The van der Waals surface area contributed by atoms with Crippen LogP contribution in [0.2, 0.25) is 0 Å². The maximum atomic E-state index is 11.2. The summed E-state index contributed by atoms with van der Waals surface area (Å²) in [5, 5.41) is 28.3. The van der Waals surface area contributed by atoms with Crippen molar-refractivity contribution in [2.24, 2.45) is 0 Å². The molecule has 0 radical (unpaired) electrons. The lowest BCUT2D eigenvalue weighted by molar-refractivity contribution is -0.620. The van der Waals surface area contributed by atoms with Crippen LogP contribution in [0.25, 0.3) is 0 Å². The topological polar surface area (TPSA) is 102 Å². The molecule has 1 rings (SSSR count). The zero-order chi connectivity index (χ0) is 10.9.